The number of para-hydroxylation sites is 2. The molecule has 0 bridgehead atoms. The highest BCUT2D eigenvalue weighted by atomic mass is 16.5. The van der Waals surface area contributed by atoms with Crippen LogP contribution >= 0.6 is 0 Å². The minimum Gasteiger partial charge on any atom is -0.491 e. The van der Waals surface area contributed by atoms with Crippen molar-refractivity contribution in [1.29, 1.82) is 5.26 Å². The van der Waals surface area contributed by atoms with Gasteiger partial charge in [0, 0.05) is 6.20 Å². The Labute approximate surface area is 118 Å². The van der Waals surface area contributed by atoms with Crippen molar-refractivity contribution in [3.63, 3.8) is 0 Å². The third kappa shape index (κ3) is 4.65. The van der Waals surface area contributed by atoms with Gasteiger partial charge in [-0.05, 0) is 18.1 Å². The molecular formula is C15H18N2O3. The zero-order chi connectivity index (χ0) is 15.0. The summed E-state index contributed by atoms with van der Waals surface area (Å²) in [4.78, 5) is 11.3. The van der Waals surface area contributed by atoms with E-state index in [2.05, 4.69) is 23.9 Å². The van der Waals surface area contributed by atoms with Gasteiger partial charge in [-0.1, -0.05) is 26.0 Å². The van der Waals surface area contributed by atoms with Crippen molar-refractivity contribution in [2.75, 3.05) is 19.0 Å². The fourth-order valence-corrected chi connectivity index (χ4v) is 1.36. The molecule has 0 amide bonds. The molecule has 1 aromatic rings. The van der Waals surface area contributed by atoms with Crippen LogP contribution in [0.25, 0.3) is 0 Å². The van der Waals surface area contributed by atoms with Crippen molar-refractivity contribution in [1.82, 2.24) is 0 Å². The topological polar surface area (TPSA) is 71.4 Å². The first kappa shape index (κ1) is 15.6. The number of anilines is 1. The van der Waals surface area contributed by atoms with E-state index in [1.807, 2.05) is 18.2 Å². The minimum atomic E-state index is -0.680. The van der Waals surface area contributed by atoms with E-state index in [4.69, 9.17) is 10.00 Å². The molecule has 0 aliphatic heterocycles. The van der Waals surface area contributed by atoms with Crippen LogP contribution in [0.4, 0.5) is 5.69 Å². The first-order valence-electron chi connectivity index (χ1n) is 6.25. The van der Waals surface area contributed by atoms with Crippen LogP contribution in [-0.2, 0) is 9.53 Å². The summed E-state index contributed by atoms with van der Waals surface area (Å²) in [7, 11) is 1.23. The van der Waals surface area contributed by atoms with Gasteiger partial charge in [-0.25, -0.2) is 4.79 Å². The molecule has 0 fully saturated rings. The zero-order valence-electron chi connectivity index (χ0n) is 11.8. The molecule has 1 aromatic carbocycles. The molecule has 0 aromatic heterocycles. The molecule has 0 heterocycles. The molecule has 0 saturated heterocycles. The van der Waals surface area contributed by atoms with E-state index in [0.717, 1.165) is 0 Å². The molecule has 0 radical (unpaired) electrons. The fraction of sp³-hybridized carbons (Fsp3) is 0.333. The van der Waals surface area contributed by atoms with Crippen LogP contribution in [0, 0.1) is 17.2 Å². The van der Waals surface area contributed by atoms with E-state index < -0.39 is 5.97 Å². The number of carbonyl (C=O) groups excluding carboxylic acids is 1. The summed E-state index contributed by atoms with van der Waals surface area (Å²) in [6.45, 7) is 4.70. The Morgan fingerprint density at radius 3 is 2.75 bits per heavy atom. The Kier molecular flexibility index (Phi) is 6.11. The van der Waals surface area contributed by atoms with Crippen LogP contribution < -0.4 is 10.1 Å². The number of carbonyl (C=O) groups is 1. The van der Waals surface area contributed by atoms with Crippen molar-refractivity contribution in [3.8, 4) is 11.8 Å². The number of rotatable bonds is 6. The van der Waals surface area contributed by atoms with Gasteiger partial charge >= 0.3 is 5.97 Å². The van der Waals surface area contributed by atoms with Gasteiger partial charge in [0.05, 0.1) is 19.4 Å². The summed E-state index contributed by atoms with van der Waals surface area (Å²) in [5.74, 6) is 0.392. The lowest BCUT2D eigenvalue weighted by atomic mass is 10.2. The molecule has 20 heavy (non-hydrogen) atoms. The molecule has 0 atom stereocenters. The minimum absolute atomic E-state index is 0.105. The molecule has 1 N–H and O–H groups in total. The number of nitrogens with one attached hydrogen (secondary N) is 1. The van der Waals surface area contributed by atoms with Gasteiger partial charge in [0.15, 0.2) is 5.57 Å². The number of ether oxygens (including phenoxy) is 2. The van der Waals surface area contributed by atoms with Gasteiger partial charge in [0.1, 0.15) is 11.8 Å². The van der Waals surface area contributed by atoms with Gasteiger partial charge in [-0.15, -0.1) is 0 Å². The van der Waals surface area contributed by atoms with Crippen molar-refractivity contribution < 1.29 is 14.3 Å². The Hall–Kier alpha value is -2.48. The number of nitriles is 1. The first-order chi connectivity index (χ1) is 9.58. The first-order valence-corrected chi connectivity index (χ1v) is 6.25. The normalized spacial score (nSPS) is 10.8. The Balaban J connectivity index is 2.84. The molecule has 0 saturated carbocycles. The molecule has 0 spiro atoms. The van der Waals surface area contributed by atoms with Gasteiger partial charge in [0.2, 0.25) is 0 Å². The standard InChI is InChI=1S/C15H18N2O3/c1-11(2)10-20-14-7-5-4-6-13(14)17-9-12(8-16)15(18)19-3/h4-7,9,11,17H,10H2,1-3H3/b12-9-. The maximum Gasteiger partial charge on any atom is 0.350 e. The summed E-state index contributed by atoms with van der Waals surface area (Å²) in [5, 5.41) is 11.8. The van der Waals surface area contributed by atoms with E-state index >= 15 is 0 Å². The number of hydrogen-bond donors (Lipinski definition) is 1. The predicted octanol–water partition coefficient (Wildman–Crippen LogP) is 2.71. The molecule has 0 unspecified atom stereocenters. The van der Waals surface area contributed by atoms with Gasteiger partial charge in [-0.3, -0.25) is 0 Å². The summed E-state index contributed by atoms with van der Waals surface area (Å²) in [6, 6.07) is 9.10. The van der Waals surface area contributed by atoms with Crippen LogP contribution in [-0.4, -0.2) is 19.7 Å². The maximum atomic E-state index is 11.3. The van der Waals surface area contributed by atoms with E-state index in [1.165, 1.54) is 13.3 Å². The van der Waals surface area contributed by atoms with Crippen LogP contribution in [0.1, 0.15) is 13.8 Å². The molecule has 106 valence electrons. The average molecular weight is 274 g/mol. The second-order valence-corrected chi connectivity index (χ2v) is 4.51. The van der Waals surface area contributed by atoms with Crippen molar-refractivity contribution in [2.45, 2.75) is 13.8 Å². The second-order valence-electron chi connectivity index (χ2n) is 4.51. The van der Waals surface area contributed by atoms with E-state index in [1.54, 1.807) is 12.1 Å². The molecular weight excluding hydrogens is 256 g/mol. The molecule has 0 aliphatic carbocycles. The quantitative estimate of drug-likeness (QED) is 0.490. The SMILES string of the molecule is COC(=O)/C(C#N)=C\Nc1ccccc1OCC(C)C. The Morgan fingerprint density at radius 2 is 2.15 bits per heavy atom. The Bertz CT molecular complexity index is 530. The van der Waals surface area contributed by atoms with Crippen molar-refractivity contribution in [2.24, 2.45) is 5.92 Å². The summed E-state index contributed by atoms with van der Waals surface area (Å²) < 4.78 is 10.2. The summed E-state index contributed by atoms with van der Waals surface area (Å²) >= 11 is 0. The lowest BCUT2D eigenvalue weighted by Gasteiger charge is -2.12. The number of nitrogens with zero attached hydrogens (tertiary/aromatic N) is 1. The second kappa shape index (κ2) is 7.85. The smallest absolute Gasteiger partial charge is 0.350 e. The van der Waals surface area contributed by atoms with Crippen molar-refractivity contribution in [3.05, 3.63) is 36.0 Å². The van der Waals surface area contributed by atoms with Gasteiger partial charge in [-0.2, -0.15) is 5.26 Å². The lowest BCUT2D eigenvalue weighted by Crippen LogP contribution is -2.07. The van der Waals surface area contributed by atoms with Gasteiger partial charge < -0.3 is 14.8 Å². The number of hydrogen-bond acceptors (Lipinski definition) is 5. The average Bonchev–Trinajstić information content (AvgIpc) is 2.46. The van der Waals surface area contributed by atoms with Crippen LogP contribution in [0.2, 0.25) is 0 Å². The van der Waals surface area contributed by atoms with E-state index in [0.29, 0.717) is 24.0 Å². The van der Waals surface area contributed by atoms with Gasteiger partial charge in [0.25, 0.3) is 0 Å². The largest absolute Gasteiger partial charge is 0.491 e. The third-order valence-electron chi connectivity index (χ3n) is 2.36. The highest BCUT2D eigenvalue weighted by Gasteiger charge is 2.09. The molecule has 1 rings (SSSR count). The fourth-order valence-electron chi connectivity index (χ4n) is 1.36. The number of methoxy groups -OCH3 is 1. The van der Waals surface area contributed by atoms with Crippen molar-refractivity contribution >= 4 is 11.7 Å². The summed E-state index contributed by atoms with van der Waals surface area (Å²) in [6.07, 6.45) is 1.31. The predicted molar refractivity (Wildman–Crippen MR) is 76.1 cm³/mol. The third-order valence-corrected chi connectivity index (χ3v) is 2.36. The highest BCUT2D eigenvalue weighted by molar-refractivity contribution is 5.93. The monoisotopic (exact) mass is 274 g/mol. The summed E-state index contributed by atoms with van der Waals surface area (Å²) in [5.41, 5.74) is 0.580. The molecule has 0 aliphatic rings. The van der Waals surface area contributed by atoms with Crippen LogP contribution in [0.3, 0.4) is 0 Å². The maximum absolute atomic E-state index is 11.3. The van der Waals surface area contributed by atoms with E-state index in [9.17, 15) is 4.79 Å². The van der Waals surface area contributed by atoms with Crippen LogP contribution in [0.15, 0.2) is 36.0 Å². The van der Waals surface area contributed by atoms with E-state index in [-0.39, 0.29) is 5.57 Å². The number of esters is 1. The zero-order valence-corrected chi connectivity index (χ0v) is 11.8. The lowest BCUT2D eigenvalue weighted by molar-refractivity contribution is -0.135. The highest BCUT2D eigenvalue weighted by Crippen LogP contribution is 2.24. The molecule has 5 heteroatoms. The molecule has 5 nitrogen and oxygen atoms in total. The Morgan fingerprint density at radius 1 is 1.45 bits per heavy atom. The van der Waals surface area contributed by atoms with Crippen LogP contribution in [0.5, 0.6) is 5.75 Å². The number of benzene rings is 1.